The minimum absolute atomic E-state index is 0.239. The number of aromatic nitrogens is 3. The quantitative estimate of drug-likeness (QED) is 0.552. The van der Waals surface area contributed by atoms with E-state index < -0.39 is 0 Å². The van der Waals surface area contributed by atoms with Gasteiger partial charge in [0, 0.05) is 18.7 Å². The van der Waals surface area contributed by atoms with Crippen LogP contribution in [0.3, 0.4) is 0 Å². The van der Waals surface area contributed by atoms with Crippen molar-refractivity contribution in [2.45, 2.75) is 6.92 Å². The van der Waals surface area contributed by atoms with Crippen LogP contribution in [-0.4, -0.2) is 46.4 Å². The molecule has 0 radical (unpaired) electrons. The first-order valence-electron chi connectivity index (χ1n) is 9.41. The van der Waals surface area contributed by atoms with E-state index in [0.29, 0.717) is 35.6 Å². The molecular formula is C22H24N6O2. The van der Waals surface area contributed by atoms with E-state index in [0.717, 1.165) is 5.56 Å². The Labute approximate surface area is 175 Å². The third-order valence-corrected chi connectivity index (χ3v) is 3.85. The zero-order chi connectivity index (χ0) is 21.3. The molecule has 0 saturated heterocycles. The molecule has 2 N–H and O–H groups in total. The monoisotopic (exact) mass is 404 g/mol. The molecule has 0 unspecified atom stereocenters. The van der Waals surface area contributed by atoms with Crippen molar-refractivity contribution in [1.82, 2.24) is 19.9 Å². The summed E-state index contributed by atoms with van der Waals surface area (Å²) in [5, 5.41) is 5.83. The SMILES string of the molecule is Cc1cccc(Oc2cc(Nc3cccc(NC(=O)C=CCN(C)C)n3)ncn2)c1. The number of likely N-dealkylation sites (N-methyl/N-ethyl adjacent to an activating group) is 1. The molecule has 0 spiro atoms. The molecule has 2 aromatic heterocycles. The number of benzene rings is 1. The normalized spacial score (nSPS) is 10.9. The van der Waals surface area contributed by atoms with Crippen molar-refractivity contribution in [2.75, 3.05) is 31.3 Å². The van der Waals surface area contributed by atoms with Gasteiger partial charge in [-0.15, -0.1) is 0 Å². The van der Waals surface area contributed by atoms with Crippen molar-refractivity contribution in [3.63, 3.8) is 0 Å². The molecule has 154 valence electrons. The molecule has 8 nitrogen and oxygen atoms in total. The Balaban J connectivity index is 1.64. The maximum atomic E-state index is 12.0. The van der Waals surface area contributed by atoms with E-state index in [-0.39, 0.29) is 5.91 Å². The lowest BCUT2D eigenvalue weighted by Gasteiger charge is -2.09. The van der Waals surface area contributed by atoms with Crippen LogP contribution >= 0.6 is 0 Å². The summed E-state index contributed by atoms with van der Waals surface area (Å²) in [6.45, 7) is 2.68. The molecule has 0 aliphatic rings. The zero-order valence-electron chi connectivity index (χ0n) is 17.2. The minimum atomic E-state index is -0.239. The van der Waals surface area contributed by atoms with Gasteiger partial charge in [-0.3, -0.25) is 4.79 Å². The van der Waals surface area contributed by atoms with Crippen LogP contribution in [0.25, 0.3) is 0 Å². The molecular weight excluding hydrogens is 380 g/mol. The van der Waals surface area contributed by atoms with Gasteiger partial charge in [-0.25, -0.2) is 15.0 Å². The molecule has 1 amide bonds. The van der Waals surface area contributed by atoms with E-state index in [1.807, 2.05) is 50.2 Å². The molecule has 2 heterocycles. The topological polar surface area (TPSA) is 92.3 Å². The number of nitrogens with zero attached hydrogens (tertiary/aromatic N) is 4. The Kier molecular flexibility index (Phi) is 7.07. The highest BCUT2D eigenvalue weighted by molar-refractivity contribution is 5.98. The summed E-state index contributed by atoms with van der Waals surface area (Å²) in [6, 6.07) is 14.7. The van der Waals surface area contributed by atoms with E-state index >= 15 is 0 Å². The van der Waals surface area contributed by atoms with Crippen molar-refractivity contribution >= 4 is 23.4 Å². The summed E-state index contributed by atoms with van der Waals surface area (Å²) < 4.78 is 5.79. The first-order valence-corrected chi connectivity index (χ1v) is 9.41. The average Bonchev–Trinajstić information content (AvgIpc) is 2.68. The largest absolute Gasteiger partial charge is 0.439 e. The van der Waals surface area contributed by atoms with Crippen LogP contribution in [0.15, 0.2) is 67.0 Å². The zero-order valence-corrected chi connectivity index (χ0v) is 17.2. The van der Waals surface area contributed by atoms with Gasteiger partial charge in [0.25, 0.3) is 0 Å². The number of rotatable bonds is 8. The summed E-state index contributed by atoms with van der Waals surface area (Å²) in [6.07, 6.45) is 4.68. The maximum Gasteiger partial charge on any atom is 0.249 e. The molecule has 8 heteroatoms. The number of pyridine rings is 1. The van der Waals surface area contributed by atoms with Crippen molar-refractivity contribution < 1.29 is 9.53 Å². The van der Waals surface area contributed by atoms with Crippen LogP contribution in [0.2, 0.25) is 0 Å². The molecule has 0 bridgehead atoms. The maximum absolute atomic E-state index is 12.0. The van der Waals surface area contributed by atoms with Crippen molar-refractivity contribution in [2.24, 2.45) is 0 Å². The minimum Gasteiger partial charge on any atom is -0.439 e. The van der Waals surface area contributed by atoms with Gasteiger partial charge < -0.3 is 20.3 Å². The molecule has 0 atom stereocenters. The Bertz CT molecular complexity index is 1040. The van der Waals surface area contributed by atoms with Crippen molar-refractivity contribution in [1.29, 1.82) is 0 Å². The average molecular weight is 404 g/mol. The van der Waals surface area contributed by atoms with Gasteiger partial charge in [0.05, 0.1) is 0 Å². The van der Waals surface area contributed by atoms with Gasteiger partial charge in [-0.1, -0.05) is 24.3 Å². The summed E-state index contributed by atoms with van der Waals surface area (Å²) in [5.74, 6) is 2.36. The van der Waals surface area contributed by atoms with Gasteiger partial charge in [0.15, 0.2) is 0 Å². The summed E-state index contributed by atoms with van der Waals surface area (Å²) in [5.41, 5.74) is 1.10. The van der Waals surface area contributed by atoms with Gasteiger partial charge in [0.1, 0.15) is 29.5 Å². The van der Waals surface area contributed by atoms with Gasteiger partial charge in [0.2, 0.25) is 11.8 Å². The van der Waals surface area contributed by atoms with E-state index in [1.165, 1.54) is 12.4 Å². The standard InChI is InChI=1S/C22H24N6O2/c1-16-7-4-8-17(13-16)30-22-14-20(23-15-24-22)26-18-9-5-10-19(25-18)27-21(29)11-6-12-28(2)3/h4-11,13-15H,12H2,1-3H3,(H2,23,24,25,26,27,29). The lowest BCUT2D eigenvalue weighted by atomic mass is 10.2. The second-order valence-corrected chi connectivity index (χ2v) is 6.85. The van der Waals surface area contributed by atoms with Crippen molar-refractivity contribution in [3.8, 4) is 11.6 Å². The van der Waals surface area contributed by atoms with Gasteiger partial charge in [-0.05, 0) is 50.8 Å². The number of hydrogen-bond acceptors (Lipinski definition) is 7. The fourth-order valence-corrected chi connectivity index (χ4v) is 2.51. The number of nitrogens with one attached hydrogen (secondary N) is 2. The first kappa shape index (κ1) is 20.9. The van der Waals surface area contributed by atoms with Crippen LogP contribution in [0.1, 0.15) is 5.56 Å². The number of ether oxygens (including phenoxy) is 1. The van der Waals surface area contributed by atoms with Gasteiger partial charge in [-0.2, -0.15) is 0 Å². The van der Waals surface area contributed by atoms with E-state index in [9.17, 15) is 4.79 Å². The number of carbonyl (C=O) groups is 1. The number of amides is 1. The molecule has 0 aliphatic carbocycles. The van der Waals surface area contributed by atoms with Gasteiger partial charge >= 0.3 is 0 Å². The number of carbonyl (C=O) groups excluding carboxylic acids is 1. The second kappa shape index (κ2) is 10.1. The third kappa shape index (κ3) is 6.68. The van der Waals surface area contributed by atoms with Crippen LogP contribution in [0.5, 0.6) is 11.6 Å². The fourth-order valence-electron chi connectivity index (χ4n) is 2.51. The number of anilines is 3. The smallest absolute Gasteiger partial charge is 0.249 e. The van der Waals surface area contributed by atoms with E-state index in [2.05, 4.69) is 25.6 Å². The highest BCUT2D eigenvalue weighted by Gasteiger charge is 2.05. The molecule has 0 saturated carbocycles. The molecule has 0 aliphatic heterocycles. The van der Waals surface area contributed by atoms with E-state index in [4.69, 9.17) is 4.74 Å². The Morgan fingerprint density at radius 2 is 1.87 bits per heavy atom. The second-order valence-electron chi connectivity index (χ2n) is 6.85. The van der Waals surface area contributed by atoms with Crippen LogP contribution in [0, 0.1) is 6.92 Å². The Morgan fingerprint density at radius 3 is 2.67 bits per heavy atom. The number of hydrogen-bond donors (Lipinski definition) is 2. The van der Waals surface area contributed by atoms with Crippen LogP contribution < -0.4 is 15.4 Å². The first-order chi connectivity index (χ1) is 14.5. The lowest BCUT2D eigenvalue weighted by Crippen LogP contribution is -2.13. The molecule has 0 fully saturated rings. The predicted octanol–water partition coefficient (Wildman–Crippen LogP) is 3.77. The predicted molar refractivity (Wildman–Crippen MR) is 117 cm³/mol. The molecule has 3 aromatic rings. The van der Waals surface area contributed by atoms with Crippen molar-refractivity contribution in [3.05, 3.63) is 72.6 Å². The van der Waals surface area contributed by atoms with Crippen LogP contribution in [-0.2, 0) is 4.79 Å². The summed E-state index contributed by atoms with van der Waals surface area (Å²) >= 11 is 0. The molecule has 1 aromatic carbocycles. The molecule has 3 rings (SSSR count). The highest BCUT2D eigenvalue weighted by atomic mass is 16.5. The van der Waals surface area contributed by atoms with Crippen LogP contribution in [0.4, 0.5) is 17.5 Å². The Hall–Kier alpha value is -3.78. The lowest BCUT2D eigenvalue weighted by molar-refractivity contribution is -0.111. The molecule has 30 heavy (non-hydrogen) atoms. The summed E-state index contributed by atoms with van der Waals surface area (Å²) in [7, 11) is 3.87. The fraction of sp³-hybridized carbons (Fsp3) is 0.182. The summed E-state index contributed by atoms with van der Waals surface area (Å²) in [4.78, 5) is 26.7. The highest BCUT2D eigenvalue weighted by Crippen LogP contribution is 2.23. The third-order valence-electron chi connectivity index (χ3n) is 3.85. The number of aryl methyl sites for hydroxylation is 1. The Morgan fingerprint density at radius 1 is 1.07 bits per heavy atom. The van der Waals surface area contributed by atoms with E-state index in [1.54, 1.807) is 30.3 Å².